The summed E-state index contributed by atoms with van der Waals surface area (Å²) >= 11 is 0. The van der Waals surface area contributed by atoms with E-state index in [0.29, 0.717) is 5.56 Å². The third-order valence-corrected chi connectivity index (χ3v) is 4.07. The molecule has 0 unspecified atom stereocenters. The van der Waals surface area contributed by atoms with Crippen LogP contribution in [0.5, 0.6) is 5.75 Å². The fourth-order valence-corrected chi connectivity index (χ4v) is 2.97. The summed E-state index contributed by atoms with van der Waals surface area (Å²) in [7, 11) is -2.11. The van der Waals surface area contributed by atoms with Crippen molar-refractivity contribution in [1.82, 2.24) is 0 Å². The zero-order valence-electron chi connectivity index (χ0n) is 11.4. The van der Waals surface area contributed by atoms with Crippen LogP contribution in [0.2, 0.25) is 0 Å². The highest BCUT2D eigenvalue weighted by Crippen LogP contribution is 2.32. The average molecular weight is 286 g/mol. The van der Waals surface area contributed by atoms with E-state index in [1.54, 1.807) is 32.0 Å². The van der Waals surface area contributed by atoms with Gasteiger partial charge in [0.15, 0.2) is 9.84 Å². The summed E-state index contributed by atoms with van der Waals surface area (Å²) in [4.78, 5) is 11.2. The second-order valence-corrected chi connectivity index (χ2v) is 7.04. The Morgan fingerprint density at radius 2 is 1.95 bits per heavy atom. The first kappa shape index (κ1) is 15.5. The first-order valence-electron chi connectivity index (χ1n) is 5.69. The van der Waals surface area contributed by atoms with Crippen molar-refractivity contribution >= 4 is 15.8 Å². The van der Waals surface area contributed by atoms with Crippen LogP contribution >= 0.6 is 0 Å². The van der Waals surface area contributed by atoms with Crippen molar-refractivity contribution in [3.05, 3.63) is 23.8 Å². The normalized spacial score (nSPS) is 12.2. The molecule has 19 heavy (non-hydrogen) atoms. The molecule has 0 amide bonds. The van der Waals surface area contributed by atoms with Gasteiger partial charge < -0.3 is 9.84 Å². The Bertz CT molecular complexity index is 587. The Hall–Kier alpha value is -1.56. The fraction of sp³-hybridized carbons (Fsp3) is 0.462. The summed E-state index contributed by atoms with van der Waals surface area (Å²) < 4.78 is 28.8. The highest BCUT2D eigenvalue weighted by Gasteiger charge is 2.30. The molecule has 1 rings (SSSR count). The van der Waals surface area contributed by atoms with Crippen LogP contribution in [-0.2, 0) is 21.1 Å². The molecule has 0 aliphatic heterocycles. The number of aliphatic carboxylic acids is 1. The number of carbonyl (C=O) groups is 1. The molecular formula is C13H18O5S. The second-order valence-electron chi connectivity index (χ2n) is 5.09. The summed E-state index contributed by atoms with van der Waals surface area (Å²) in [6, 6.07) is 4.82. The van der Waals surface area contributed by atoms with Gasteiger partial charge in [-0.1, -0.05) is 12.1 Å². The summed E-state index contributed by atoms with van der Waals surface area (Å²) in [6.45, 7) is 3.11. The van der Waals surface area contributed by atoms with E-state index in [0.717, 1.165) is 6.26 Å². The van der Waals surface area contributed by atoms with Crippen LogP contribution in [0.3, 0.4) is 0 Å². The van der Waals surface area contributed by atoms with Crippen LogP contribution in [-0.4, -0.2) is 32.9 Å². The number of hydrogen-bond acceptors (Lipinski definition) is 4. The second kappa shape index (κ2) is 5.21. The third-order valence-electron chi connectivity index (χ3n) is 2.86. The van der Waals surface area contributed by atoms with Gasteiger partial charge in [0.25, 0.3) is 0 Å². The van der Waals surface area contributed by atoms with E-state index in [1.165, 1.54) is 7.11 Å². The molecule has 0 radical (unpaired) electrons. The first-order chi connectivity index (χ1) is 8.59. The Labute approximate surface area is 113 Å². The number of ether oxygens (including phenoxy) is 1. The van der Waals surface area contributed by atoms with Gasteiger partial charge in [-0.05, 0) is 31.9 Å². The van der Waals surface area contributed by atoms with Crippen molar-refractivity contribution < 1.29 is 23.1 Å². The Morgan fingerprint density at radius 1 is 1.37 bits per heavy atom. The van der Waals surface area contributed by atoms with Crippen molar-refractivity contribution in [2.75, 3.05) is 13.4 Å². The van der Waals surface area contributed by atoms with Crippen LogP contribution in [0.1, 0.15) is 19.4 Å². The molecule has 106 valence electrons. The smallest absolute Gasteiger partial charge is 0.309 e. The Kier molecular flexibility index (Phi) is 4.25. The third kappa shape index (κ3) is 3.47. The molecule has 0 aliphatic carbocycles. The average Bonchev–Trinajstić information content (AvgIpc) is 2.26. The van der Waals surface area contributed by atoms with E-state index in [1.807, 2.05) is 0 Å². The van der Waals surface area contributed by atoms with E-state index in [-0.39, 0.29) is 17.1 Å². The predicted molar refractivity (Wildman–Crippen MR) is 71.2 cm³/mol. The minimum atomic E-state index is -3.49. The van der Waals surface area contributed by atoms with Gasteiger partial charge in [-0.2, -0.15) is 0 Å². The van der Waals surface area contributed by atoms with E-state index >= 15 is 0 Å². The molecule has 0 atom stereocenters. The molecule has 1 aromatic rings. The van der Waals surface area contributed by atoms with Gasteiger partial charge >= 0.3 is 5.97 Å². The molecule has 0 aromatic heterocycles. The number of rotatable bonds is 5. The Balaban J connectivity index is 3.41. The zero-order chi connectivity index (χ0) is 14.8. The monoisotopic (exact) mass is 286 g/mol. The lowest BCUT2D eigenvalue weighted by Crippen LogP contribution is -2.27. The van der Waals surface area contributed by atoms with Crippen molar-refractivity contribution in [2.24, 2.45) is 5.41 Å². The van der Waals surface area contributed by atoms with E-state index < -0.39 is 21.2 Å². The molecule has 0 fully saturated rings. The highest BCUT2D eigenvalue weighted by atomic mass is 32.2. The number of benzene rings is 1. The molecule has 1 N–H and O–H groups in total. The van der Waals surface area contributed by atoms with Gasteiger partial charge in [-0.15, -0.1) is 0 Å². The van der Waals surface area contributed by atoms with Gasteiger partial charge in [0.1, 0.15) is 10.6 Å². The highest BCUT2D eigenvalue weighted by molar-refractivity contribution is 7.90. The van der Waals surface area contributed by atoms with Crippen molar-refractivity contribution in [3.63, 3.8) is 0 Å². The largest absolute Gasteiger partial charge is 0.495 e. The molecule has 0 aliphatic rings. The number of sulfone groups is 1. The number of carboxylic acids is 1. The molecular weight excluding hydrogens is 268 g/mol. The maximum atomic E-state index is 11.9. The Morgan fingerprint density at radius 3 is 2.37 bits per heavy atom. The van der Waals surface area contributed by atoms with Crippen LogP contribution in [0, 0.1) is 5.41 Å². The SMILES string of the molecule is COc1cccc(CC(C)(C)C(=O)O)c1S(C)(=O)=O. The van der Waals surface area contributed by atoms with Crippen LogP contribution in [0.25, 0.3) is 0 Å². The summed E-state index contributed by atoms with van der Waals surface area (Å²) in [5.41, 5.74) is -0.597. The maximum Gasteiger partial charge on any atom is 0.309 e. The molecule has 0 bridgehead atoms. The molecule has 0 spiro atoms. The van der Waals surface area contributed by atoms with Crippen LogP contribution in [0.4, 0.5) is 0 Å². The number of methoxy groups -OCH3 is 1. The molecule has 0 saturated heterocycles. The topological polar surface area (TPSA) is 80.7 Å². The van der Waals surface area contributed by atoms with Crippen LogP contribution in [0.15, 0.2) is 23.1 Å². The van der Waals surface area contributed by atoms with Crippen molar-refractivity contribution in [3.8, 4) is 5.75 Å². The molecule has 1 aromatic carbocycles. The zero-order valence-corrected chi connectivity index (χ0v) is 12.2. The van der Waals surface area contributed by atoms with E-state index in [4.69, 9.17) is 9.84 Å². The maximum absolute atomic E-state index is 11.9. The minimum Gasteiger partial charge on any atom is -0.495 e. The molecule has 5 nitrogen and oxygen atoms in total. The van der Waals surface area contributed by atoms with E-state index in [2.05, 4.69) is 0 Å². The summed E-state index contributed by atoms with van der Waals surface area (Å²) in [5.74, 6) is -0.740. The summed E-state index contributed by atoms with van der Waals surface area (Å²) in [6.07, 6.45) is 1.20. The van der Waals surface area contributed by atoms with Crippen molar-refractivity contribution in [2.45, 2.75) is 25.2 Å². The lowest BCUT2D eigenvalue weighted by molar-refractivity contribution is -0.146. The van der Waals surface area contributed by atoms with Gasteiger partial charge in [0, 0.05) is 6.26 Å². The molecule has 0 heterocycles. The minimum absolute atomic E-state index is 0.0619. The standard InChI is InChI=1S/C13H18O5S/c1-13(2,12(14)15)8-9-6-5-7-10(18-3)11(9)19(4,16)17/h5-7H,8H2,1-4H3,(H,14,15). The molecule has 0 saturated carbocycles. The predicted octanol–water partition coefficient (Wildman–Crippen LogP) is 1.75. The lowest BCUT2D eigenvalue weighted by atomic mass is 9.86. The number of hydrogen-bond donors (Lipinski definition) is 1. The fourth-order valence-electron chi connectivity index (χ4n) is 1.83. The van der Waals surface area contributed by atoms with E-state index in [9.17, 15) is 13.2 Å². The van der Waals surface area contributed by atoms with Gasteiger partial charge in [-0.3, -0.25) is 4.79 Å². The van der Waals surface area contributed by atoms with Gasteiger partial charge in [0.2, 0.25) is 0 Å². The van der Waals surface area contributed by atoms with Crippen molar-refractivity contribution in [1.29, 1.82) is 0 Å². The first-order valence-corrected chi connectivity index (χ1v) is 7.58. The van der Waals surface area contributed by atoms with Gasteiger partial charge in [-0.25, -0.2) is 8.42 Å². The number of carboxylic acid groups (broad SMARTS) is 1. The van der Waals surface area contributed by atoms with Gasteiger partial charge in [0.05, 0.1) is 12.5 Å². The lowest BCUT2D eigenvalue weighted by Gasteiger charge is -2.21. The summed E-state index contributed by atoms with van der Waals surface area (Å²) in [5, 5.41) is 9.14. The van der Waals surface area contributed by atoms with Crippen LogP contribution < -0.4 is 4.74 Å². The molecule has 6 heteroatoms. The quantitative estimate of drug-likeness (QED) is 0.892.